The van der Waals surface area contributed by atoms with Crippen LogP contribution < -0.4 is 5.32 Å². The average molecular weight is 351 g/mol. The molecule has 2 nitrogen and oxygen atoms in total. The molecule has 0 aliphatic carbocycles. The Balaban J connectivity index is 2.06. The number of nitrogens with zero attached hydrogens (tertiary/aromatic N) is 1. The van der Waals surface area contributed by atoms with Gasteiger partial charge in [-0.15, -0.1) is 0 Å². The summed E-state index contributed by atoms with van der Waals surface area (Å²) < 4.78 is 14.3. The second-order valence-electron chi connectivity index (χ2n) is 5.22. The first kappa shape index (κ1) is 16.1. The zero-order valence-corrected chi connectivity index (χ0v) is 13.7. The van der Waals surface area contributed by atoms with E-state index in [0.29, 0.717) is 5.92 Å². The molecular weight excluding hydrogens is 331 g/mol. The predicted octanol–water partition coefficient (Wildman–Crippen LogP) is 3.99. The van der Waals surface area contributed by atoms with Crippen molar-refractivity contribution < 1.29 is 4.39 Å². The van der Waals surface area contributed by atoms with Crippen LogP contribution in [0.3, 0.4) is 0 Å². The fourth-order valence-electron chi connectivity index (χ4n) is 2.46. The molecule has 1 aromatic heterocycles. The van der Waals surface area contributed by atoms with E-state index < -0.39 is 0 Å². The number of nitrogens with one attached hydrogen (secondary N) is 1. The van der Waals surface area contributed by atoms with Gasteiger partial charge in [0, 0.05) is 16.9 Å². The standard InChI is InChI=1S/C17H20BrFN2/c1-2-20-10-14(6-13-4-3-5-17(19)9-13)7-15-8-16(18)12-21-11-15/h3-5,8-9,11-12,14,20H,2,6-7,10H2,1H3. The predicted molar refractivity (Wildman–Crippen MR) is 87.8 cm³/mol. The maximum atomic E-state index is 13.3. The number of pyridine rings is 1. The number of hydrogen-bond acceptors (Lipinski definition) is 2. The SMILES string of the molecule is CCNCC(Cc1cccc(F)c1)Cc1cncc(Br)c1. The minimum atomic E-state index is -0.168. The van der Waals surface area contributed by atoms with Crippen molar-refractivity contribution in [1.82, 2.24) is 10.3 Å². The number of halogens is 2. The summed E-state index contributed by atoms with van der Waals surface area (Å²) in [6.07, 6.45) is 5.47. The summed E-state index contributed by atoms with van der Waals surface area (Å²) in [5.74, 6) is 0.252. The van der Waals surface area contributed by atoms with Gasteiger partial charge in [-0.25, -0.2) is 4.39 Å². The Kier molecular flexibility index (Phi) is 6.33. The van der Waals surface area contributed by atoms with E-state index in [2.05, 4.69) is 39.2 Å². The van der Waals surface area contributed by atoms with Gasteiger partial charge in [-0.3, -0.25) is 4.98 Å². The fraction of sp³-hybridized carbons (Fsp3) is 0.353. The molecule has 21 heavy (non-hydrogen) atoms. The largest absolute Gasteiger partial charge is 0.317 e. The van der Waals surface area contributed by atoms with Crippen LogP contribution in [0.2, 0.25) is 0 Å². The monoisotopic (exact) mass is 350 g/mol. The zero-order valence-electron chi connectivity index (χ0n) is 12.2. The van der Waals surface area contributed by atoms with Gasteiger partial charge in [0.1, 0.15) is 5.82 Å². The molecule has 0 radical (unpaired) electrons. The first-order chi connectivity index (χ1) is 10.2. The van der Waals surface area contributed by atoms with E-state index in [1.165, 1.54) is 11.6 Å². The molecule has 112 valence electrons. The summed E-state index contributed by atoms with van der Waals surface area (Å²) in [6.45, 7) is 3.95. The van der Waals surface area contributed by atoms with E-state index in [9.17, 15) is 4.39 Å². The van der Waals surface area contributed by atoms with Gasteiger partial charge in [0.15, 0.2) is 0 Å². The minimum absolute atomic E-state index is 0.168. The fourth-order valence-corrected chi connectivity index (χ4v) is 2.88. The Morgan fingerprint density at radius 3 is 2.71 bits per heavy atom. The van der Waals surface area contributed by atoms with E-state index in [0.717, 1.165) is 36.0 Å². The van der Waals surface area contributed by atoms with Gasteiger partial charge < -0.3 is 5.32 Å². The first-order valence-electron chi connectivity index (χ1n) is 7.22. The summed E-state index contributed by atoms with van der Waals surface area (Å²) in [6, 6.07) is 8.97. The topological polar surface area (TPSA) is 24.9 Å². The van der Waals surface area contributed by atoms with Gasteiger partial charge in [0.25, 0.3) is 0 Å². The molecule has 0 bridgehead atoms. The second-order valence-corrected chi connectivity index (χ2v) is 6.14. The molecule has 2 aromatic rings. The quantitative estimate of drug-likeness (QED) is 0.816. The number of hydrogen-bond donors (Lipinski definition) is 1. The van der Waals surface area contributed by atoms with Crippen molar-refractivity contribution in [2.75, 3.05) is 13.1 Å². The molecule has 2 rings (SSSR count). The van der Waals surface area contributed by atoms with Crippen LogP contribution in [-0.4, -0.2) is 18.1 Å². The second kappa shape index (κ2) is 8.25. The number of aromatic nitrogens is 1. The highest BCUT2D eigenvalue weighted by Crippen LogP contribution is 2.17. The molecule has 0 aliphatic rings. The summed E-state index contributed by atoms with van der Waals surface area (Å²) in [5, 5.41) is 3.39. The maximum Gasteiger partial charge on any atom is 0.123 e. The lowest BCUT2D eigenvalue weighted by Gasteiger charge is -2.17. The third-order valence-corrected chi connectivity index (χ3v) is 3.82. The van der Waals surface area contributed by atoms with Crippen LogP contribution in [0, 0.1) is 11.7 Å². The van der Waals surface area contributed by atoms with Crippen LogP contribution in [0.15, 0.2) is 47.2 Å². The Morgan fingerprint density at radius 1 is 1.19 bits per heavy atom. The molecule has 0 saturated heterocycles. The third-order valence-electron chi connectivity index (χ3n) is 3.38. The van der Waals surface area contributed by atoms with Crippen LogP contribution in [-0.2, 0) is 12.8 Å². The Morgan fingerprint density at radius 2 is 2.00 bits per heavy atom. The number of benzene rings is 1. The van der Waals surface area contributed by atoms with Crippen molar-refractivity contribution in [2.24, 2.45) is 5.92 Å². The van der Waals surface area contributed by atoms with E-state index in [1.807, 2.05) is 12.3 Å². The lowest BCUT2D eigenvalue weighted by Crippen LogP contribution is -2.25. The van der Waals surface area contributed by atoms with Crippen LogP contribution >= 0.6 is 15.9 Å². The molecule has 0 saturated carbocycles. The van der Waals surface area contributed by atoms with Crippen LogP contribution in [0.5, 0.6) is 0 Å². The van der Waals surface area contributed by atoms with Gasteiger partial charge in [-0.05, 0) is 77.1 Å². The Hall–Kier alpha value is -1.26. The van der Waals surface area contributed by atoms with Gasteiger partial charge in [0.2, 0.25) is 0 Å². The van der Waals surface area contributed by atoms with Gasteiger partial charge in [-0.1, -0.05) is 19.1 Å². The molecule has 1 atom stereocenters. The summed E-state index contributed by atoms with van der Waals surface area (Å²) in [7, 11) is 0. The summed E-state index contributed by atoms with van der Waals surface area (Å²) in [5.41, 5.74) is 2.24. The van der Waals surface area contributed by atoms with Crippen LogP contribution in [0.25, 0.3) is 0 Å². The number of rotatable bonds is 7. The van der Waals surface area contributed by atoms with Crippen molar-refractivity contribution in [3.8, 4) is 0 Å². The Bertz CT molecular complexity index is 527. The molecule has 0 spiro atoms. The average Bonchev–Trinajstić information content (AvgIpc) is 2.45. The van der Waals surface area contributed by atoms with Crippen molar-refractivity contribution in [2.45, 2.75) is 19.8 Å². The Labute approximate surface area is 133 Å². The van der Waals surface area contributed by atoms with Crippen molar-refractivity contribution in [3.05, 3.63) is 64.1 Å². The smallest absolute Gasteiger partial charge is 0.123 e. The molecule has 1 N–H and O–H groups in total. The van der Waals surface area contributed by atoms with Crippen LogP contribution in [0.1, 0.15) is 18.1 Å². The highest BCUT2D eigenvalue weighted by atomic mass is 79.9. The zero-order chi connectivity index (χ0) is 15.1. The molecule has 4 heteroatoms. The van der Waals surface area contributed by atoms with E-state index in [-0.39, 0.29) is 5.82 Å². The van der Waals surface area contributed by atoms with Crippen molar-refractivity contribution in [1.29, 1.82) is 0 Å². The maximum absolute atomic E-state index is 13.3. The summed E-state index contributed by atoms with van der Waals surface area (Å²) >= 11 is 3.45. The first-order valence-corrected chi connectivity index (χ1v) is 8.01. The molecule has 0 aliphatic heterocycles. The van der Waals surface area contributed by atoms with Crippen LogP contribution in [0.4, 0.5) is 4.39 Å². The van der Waals surface area contributed by atoms with E-state index in [1.54, 1.807) is 18.3 Å². The van der Waals surface area contributed by atoms with Crippen molar-refractivity contribution in [3.63, 3.8) is 0 Å². The van der Waals surface area contributed by atoms with Gasteiger partial charge >= 0.3 is 0 Å². The minimum Gasteiger partial charge on any atom is -0.317 e. The molecule has 1 heterocycles. The molecule has 0 amide bonds. The van der Waals surface area contributed by atoms with E-state index in [4.69, 9.17) is 0 Å². The lowest BCUT2D eigenvalue weighted by molar-refractivity contribution is 0.476. The highest BCUT2D eigenvalue weighted by molar-refractivity contribution is 9.10. The molecule has 1 aromatic carbocycles. The van der Waals surface area contributed by atoms with E-state index >= 15 is 0 Å². The molecular formula is C17H20BrFN2. The normalized spacial score (nSPS) is 12.3. The van der Waals surface area contributed by atoms with Crippen molar-refractivity contribution >= 4 is 15.9 Å². The molecule has 1 unspecified atom stereocenters. The molecule has 0 fully saturated rings. The third kappa shape index (κ3) is 5.56. The highest BCUT2D eigenvalue weighted by Gasteiger charge is 2.11. The van der Waals surface area contributed by atoms with Gasteiger partial charge in [-0.2, -0.15) is 0 Å². The lowest BCUT2D eigenvalue weighted by atomic mass is 9.93. The summed E-state index contributed by atoms with van der Waals surface area (Å²) in [4.78, 5) is 4.21. The van der Waals surface area contributed by atoms with Gasteiger partial charge in [0.05, 0.1) is 0 Å².